The van der Waals surface area contributed by atoms with Crippen molar-refractivity contribution >= 4 is 0 Å². The summed E-state index contributed by atoms with van der Waals surface area (Å²) in [5, 5.41) is 0. The van der Waals surface area contributed by atoms with Crippen LogP contribution in [-0.4, -0.2) is 12.3 Å². The molecule has 0 fully saturated rings. The molecule has 0 aromatic carbocycles. The van der Waals surface area contributed by atoms with E-state index in [9.17, 15) is 17.6 Å². The first-order valence-corrected chi connectivity index (χ1v) is 2.33. The van der Waals surface area contributed by atoms with Crippen LogP contribution in [0.2, 0.25) is 0 Å². The monoisotopic (exact) mass is 142 g/mol. The van der Waals surface area contributed by atoms with Crippen LogP contribution in [-0.2, 0) is 0 Å². The Labute approximate surface area is 50.2 Å². The largest absolute Gasteiger partial charge is 0.244 e. The van der Waals surface area contributed by atoms with Gasteiger partial charge in [0.1, 0.15) is 12.5 Å². The van der Waals surface area contributed by atoms with Gasteiger partial charge in [0.2, 0.25) is 0 Å². The first kappa shape index (κ1) is 8.46. The van der Waals surface area contributed by atoms with E-state index in [-0.39, 0.29) is 0 Å². The van der Waals surface area contributed by atoms with Gasteiger partial charge in [-0.15, -0.1) is 0 Å². The Morgan fingerprint density at radius 1 is 1.44 bits per heavy atom. The Morgan fingerprint density at radius 2 is 1.89 bits per heavy atom. The zero-order valence-corrected chi connectivity index (χ0v) is 4.74. The third-order valence-electron chi connectivity index (χ3n) is 0.771. The van der Waals surface area contributed by atoms with Crippen LogP contribution in [0, 0.1) is 0 Å². The normalized spacial score (nSPS) is 19.4. The molecule has 2 atom stereocenters. The lowest BCUT2D eigenvalue weighted by molar-refractivity contribution is 0.185. The predicted molar refractivity (Wildman–Crippen MR) is 25.8 cm³/mol. The van der Waals surface area contributed by atoms with Gasteiger partial charge in [-0.1, -0.05) is 0 Å². The molecule has 0 nitrogen and oxygen atoms in total. The second-order valence-electron chi connectivity index (χ2n) is 1.57. The number of hydrogen-bond donors (Lipinski definition) is 0. The number of alkyl halides is 2. The van der Waals surface area contributed by atoms with Gasteiger partial charge in [0.25, 0.3) is 0 Å². The third kappa shape index (κ3) is 2.49. The van der Waals surface area contributed by atoms with Crippen LogP contribution in [0.1, 0.15) is 6.92 Å². The van der Waals surface area contributed by atoms with Crippen LogP contribution in [0.25, 0.3) is 0 Å². The van der Waals surface area contributed by atoms with E-state index in [1.54, 1.807) is 0 Å². The molecule has 0 spiro atoms. The first-order chi connectivity index (χ1) is 4.09. The van der Waals surface area contributed by atoms with Gasteiger partial charge < -0.3 is 0 Å². The highest BCUT2D eigenvalue weighted by atomic mass is 19.2. The van der Waals surface area contributed by atoms with Gasteiger partial charge >= 0.3 is 0 Å². The molecule has 0 aromatic rings. The number of rotatable bonds is 2. The van der Waals surface area contributed by atoms with E-state index >= 15 is 0 Å². The van der Waals surface area contributed by atoms with Gasteiger partial charge in [0.05, 0.1) is 0 Å². The maximum Gasteiger partial charge on any atom is 0.184 e. The summed E-state index contributed by atoms with van der Waals surface area (Å²) in [6.45, 7) is 0.813. The average Bonchev–Trinajstić information content (AvgIpc) is 1.84. The summed E-state index contributed by atoms with van der Waals surface area (Å²) in [4.78, 5) is 0. The standard InChI is InChI=1S/C5H6F4/c1-3(7)5(9)4(8)2-6/h2-3,5H,1H3/b4-2-/t3-,5?/m0/s1. The summed E-state index contributed by atoms with van der Waals surface area (Å²) in [6, 6.07) is 0. The van der Waals surface area contributed by atoms with E-state index in [1.807, 2.05) is 0 Å². The molecule has 0 aromatic heterocycles. The quantitative estimate of drug-likeness (QED) is 0.519. The van der Waals surface area contributed by atoms with Crippen molar-refractivity contribution in [2.24, 2.45) is 0 Å². The topological polar surface area (TPSA) is 0 Å². The predicted octanol–water partition coefficient (Wildman–Crippen LogP) is 2.46. The van der Waals surface area contributed by atoms with Gasteiger partial charge in [-0.05, 0) is 6.92 Å². The van der Waals surface area contributed by atoms with Crippen LogP contribution in [0.5, 0.6) is 0 Å². The lowest BCUT2D eigenvalue weighted by Gasteiger charge is -2.03. The molecule has 0 rings (SSSR count). The van der Waals surface area contributed by atoms with E-state index in [0.29, 0.717) is 0 Å². The number of allylic oxidation sites excluding steroid dienone is 1. The maximum atomic E-state index is 11.9. The highest BCUT2D eigenvalue weighted by Gasteiger charge is 2.20. The summed E-state index contributed by atoms with van der Waals surface area (Å²) in [5.41, 5.74) is 0. The highest BCUT2D eigenvalue weighted by molar-refractivity contribution is 4.96. The van der Waals surface area contributed by atoms with Crippen molar-refractivity contribution in [1.29, 1.82) is 0 Å². The molecule has 0 aliphatic heterocycles. The first-order valence-electron chi connectivity index (χ1n) is 2.33. The molecule has 0 N–H and O–H groups in total. The van der Waals surface area contributed by atoms with Crippen LogP contribution in [0.3, 0.4) is 0 Å². The summed E-state index contributed by atoms with van der Waals surface area (Å²) in [7, 11) is 0. The van der Waals surface area contributed by atoms with E-state index in [4.69, 9.17) is 0 Å². The smallest absolute Gasteiger partial charge is 0.184 e. The molecule has 9 heavy (non-hydrogen) atoms. The molecular weight excluding hydrogens is 136 g/mol. The lowest BCUT2D eigenvalue weighted by atomic mass is 10.2. The van der Waals surface area contributed by atoms with Gasteiger partial charge in [-0.25, -0.2) is 17.6 Å². The van der Waals surface area contributed by atoms with Crippen LogP contribution >= 0.6 is 0 Å². The SMILES string of the molecule is C[C@H](F)C(F)/C(F)=C/F. The summed E-state index contributed by atoms with van der Waals surface area (Å²) in [6.07, 6.45) is -5.05. The van der Waals surface area contributed by atoms with Crippen LogP contribution in [0.15, 0.2) is 12.2 Å². The van der Waals surface area contributed by atoms with Crippen molar-refractivity contribution in [2.45, 2.75) is 19.3 Å². The van der Waals surface area contributed by atoms with E-state index < -0.39 is 24.5 Å². The van der Waals surface area contributed by atoms with E-state index in [0.717, 1.165) is 6.92 Å². The molecule has 0 amide bonds. The molecule has 4 heteroatoms. The van der Waals surface area contributed by atoms with Gasteiger partial charge in [0.15, 0.2) is 12.0 Å². The molecule has 0 saturated carbocycles. The molecule has 0 aliphatic rings. The molecule has 0 heterocycles. The Hall–Kier alpha value is -0.540. The fourth-order valence-electron chi connectivity index (χ4n) is 0.280. The molecule has 0 bridgehead atoms. The average molecular weight is 142 g/mol. The second-order valence-corrected chi connectivity index (χ2v) is 1.57. The van der Waals surface area contributed by atoms with Gasteiger partial charge in [0, 0.05) is 0 Å². The summed E-state index contributed by atoms with van der Waals surface area (Å²) in [5.74, 6) is -1.70. The second kappa shape index (κ2) is 3.48. The fourth-order valence-corrected chi connectivity index (χ4v) is 0.280. The number of hydrogen-bond acceptors (Lipinski definition) is 0. The molecule has 1 unspecified atom stereocenters. The Morgan fingerprint density at radius 3 is 2.00 bits per heavy atom. The van der Waals surface area contributed by atoms with E-state index in [1.165, 1.54) is 0 Å². The zero-order valence-electron chi connectivity index (χ0n) is 4.74. The van der Waals surface area contributed by atoms with Crippen LogP contribution < -0.4 is 0 Å². The van der Waals surface area contributed by atoms with Crippen molar-refractivity contribution in [3.63, 3.8) is 0 Å². The van der Waals surface area contributed by atoms with Gasteiger partial charge in [-0.2, -0.15) is 0 Å². The number of halogens is 4. The maximum absolute atomic E-state index is 11.9. The minimum atomic E-state index is -2.46. The van der Waals surface area contributed by atoms with Crippen molar-refractivity contribution in [2.75, 3.05) is 0 Å². The molecule has 0 aliphatic carbocycles. The van der Waals surface area contributed by atoms with Crippen molar-refractivity contribution < 1.29 is 17.6 Å². The summed E-state index contributed by atoms with van der Waals surface area (Å²) >= 11 is 0. The zero-order chi connectivity index (χ0) is 7.44. The third-order valence-corrected chi connectivity index (χ3v) is 0.771. The highest BCUT2D eigenvalue weighted by Crippen LogP contribution is 2.14. The Balaban J connectivity index is 3.88. The molecule has 54 valence electrons. The Bertz CT molecular complexity index is 108. The molecule has 0 saturated heterocycles. The minimum Gasteiger partial charge on any atom is -0.244 e. The Kier molecular flexibility index (Phi) is 3.27. The minimum absolute atomic E-state index is 0.583. The fraction of sp³-hybridized carbons (Fsp3) is 0.600. The van der Waals surface area contributed by atoms with Crippen LogP contribution in [0.4, 0.5) is 17.6 Å². The van der Waals surface area contributed by atoms with Crippen molar-refractivity contribution in [1.82, 2.24) is 0 Å². The van der Waals surface area contributed by atoms with Crippen molar-refractivity contribution in [3.8, 4) is 0 Å². The molecular formula is C5H6F4. The van der Waals surface area contributed by atoms with Gasteiger partial charge in [-0.3, -0.25) is 0 Å². The summed E-state index contributed by atoms with van der Waals surface area (Å²) < 4.78 is 46.3. The van der Waals surface area contributed by atoms with Crippen molar-refractivity contribution in [3.05, 3.63) is 12.2 Å². The molecule has 0 radical (unpaired) electrons. The lowest BCUT2D eigenvalue weighted by Crippen LogP contribution is -2.13. The van der Waals surface area contributed by atoms with E-state index in [2.05, 4.69) is 0 Å².